The molecule has 0 fully saturated rings. The number of carboxylic acid groups (broad SMARTS) is 1. The number of carbonyl (C=O) groups excluding carboxylic acids is 1. The van der Waals surface area contributed by atoms with E-state index in [-0.39, 0.29) is 17.4 Å². The smallest absolute Gasteiger partial charge is 0.335 e. The molecule has 2 aromatic rings. The van der Waals surface area contributed by atoms with Gasteiger partial charge in [-0.05, 0) is 60.7 Å². The summed E-state index contributed by atoms with van der Waals surface area (Å²) in [6.45, 7) is 9.06. The molecule has 0 saturated heterocycles. The van der Waals surface area contributed by atoms with Crippen LogP contribution in [0.5, 0.6) is 0 Å². The first-order chi connectivity index (χ1) is 15.9. The lowest BCUT2D eigenvalue weighted by atomic mass is 10.0. The summed E-state index contributed by atoms with van der Waals surface area (Å²) in [5, 5.41) is 9.61. The van der Waals surface area contributed by atoms with E-state index in [1.54, 1.807) is 12.1 Å². The van der Waals surface area contributed by atoms with E-state index in [2.05, 4.69) is 36.1 Å². The number of aryl methyl sites for hydroxylation is 1. The zero-order chi connectivity index (χ0) is 23.8. The number of carbonyl (C=O) groups is 2. The van der Waals surface area contributed by atoms with Crippen LogP contribution in [0.25, 0.3) is 0 Å². The molecule has 2 aromatic carbocycles. The second-order valence-corrected chi connectivity index (χ2v) is 9.44. The molecule has 178 valence electrons. The minimum atomic E-state index is -0.938. The number of fused-ring (bicyclic) bond motifs is 1. The minimum absolute atomic E-state index is 0.0955. The Balaban J connectivity index is 1.98. The third kappa shape index (κ3) is 6.91. The third-order valence-electron chi connectivity index (χ3n) is 6.46. The Kier molecular flexibility index (Phi) is 9.07. The monoisotopic (exact) mass is 450 g/mol. The van der Waals surface area contributed by atoms with Crippen LogP contribution >= 0.6 is 0 Å². The zero-order valence-corrected chi connectivity index (χ0v) is 20.3. The molecule has 5 nitrogen and oxygen atoms in total. The molecule has 5 heteroatoms. The summed E-state index contributed by atoms with van der Waals surface area (Å²) in [4.78, 5) is 29.1. The molecule has 1 N–H and O–H groups in total. The topological polar surface area (TPSA) is 60.9 Å². The highest BCUT2D eigenvalue weighted by Gasteiger charge is 2.23. The van der Waals surface area contributed by atoms with Gasteiger partial charge in [0, 0.05) is 31.2 Å². The van der Waals surface area contributed by atoms with Crippen LogP contribution in [0.3, 0.4) is 0 Å². The molecule has 0 spiro atoms. The van der Waals surface area contributed by atoms with E-state index in [0.29, 0.717) is 13.1 Å². The molecule has 0 aromatic heterocycles. The maximum atomic E-state index is 13.1. The zero-order valence-electron chi connectivity index (χ0n) is 20.3. The van der Waals surface area contributed by atoms with Crippen LogP contribution in [0.4, 0.5) is 5.69 Å². The predicted octanol–water partition coefficient (Wildman–Crippen LogP) is 5.90. The van der Waals surface area contributed by atoms with Gasteiger partial charge in [0.15, 0.2) is 0 Å². The van der Waals surface area contributed by atoms with Crippen molar-refractivity contribution >= 4 is 17.6 Å². The molecule has 1 aliphatic rings. The van der Waals surface area contributed by atoms with Crippen molar-refractivity contribution in [2.24, 2.45) is 5.92 Å². The van der Waals surface area contributed by atoms with E-state index < -0.39 is 5.97 Å². The van der Waals surface area contributed by atoms with Gasteiger partial charge in [-0.3, -0.25) is 9.69 Å². The first kappa shape index (κ1) is 25.0. The first-order valence-corrected chi connectivity index (χ1v) is 12.4. The number of carboxylic acids is 1. The Bertz CT molecular complexity index is 937. The normalized spacial score (nSPS) is 16.1. The summed E-state index contributed by atoms with van der Waals surface area (Å²) in [6.07, 6.45) is 6.55. The Hall–Kier alpha value is -2.66. The number of aromatic carboxylic acids is 1. The van der Waals surface area contributed by atoms with Crippen LogP contribution in [0.15, 0.2) is 42.5 Å². The van der Waals surface area contributed by atoms with Crippen LogP contribution in [-0.2, 0) is 24.3 Å². The third-order valence-corrected chi connectivity index (χ3v) is 6.46. The minimum Gasteiger partial charge on any atom is -0.478 e. The Labute approximate surface area is 198 Å². The molecule has 0 saturated carbocycles. The van der Waals surface area contributed by atoms with Crippen molar-refractivity contribution in [2.45, 2.75) is 72.4 Å². The molecule has 33 heavy (non-hydrogen) atoms. The van der Waals surface area contributed by atoms with Crippen LogP contribution in [0, 0.1) is 5.92 Å². The summed E-state index contributed by atoms with van der Waals surface area (Å²) >= 11 is 0. The maximum Gasteiger partial charge on any atom is 0.335 e. The van der Waals surface area contributed by atoms with Crippen LogP contribution in [0.2, 0.25) is 0 Å². The molecule has 0 unspecified atom stereocenters. The van der Waals surface area contributed by atoms with Crippen LogP contribution in [-0.4, -0.2) is 35.0 Å². The SMILES string of the molecule is CCc1ccc(CN2CCCCCCCN(C(=O)C(C)C)c3ccc(C(=O)O)cc3C2)cc1. The fourth-order valence-electron chi connectivity index (χ4n) is 4.50. The number of anilines is 1. The molecule has 0 radical (unpaired) electrons. The highest BCUT2D eigenvalue weighted by atomic mass is 16.4. The number of benzene rings is 2. The second-order valence-electron chi connectivity index (χ2n) is 9.44. The summed E-state index contributed by atoms with van der Waals surface area (Å²) in [7, 11) is 0. The van der Waals surface area contributed by atoms with Gasteiger partial charge in [-0.15, -0.1) is 0 Å². The van der Waals surface area contributed by atoms with Gasteiger partial charge in [-0.2, -0.15) is 0 Å². The van der Waals surface area contributed by atoms with E-state index >= 15 is 0 Å². The fraction of sp³-hybridized carbons (Fsp3) is 0.500. The lowest BCUT2D eigenvalue weighted by molar-refractivity contribution is -0.121. The predicted molar refractivity (Wildman–Crippen MR) is 134 cm³/mol. The Morgan fingerprint density at radius 3 is 2.18 bits per heavy atom. The van der Waals surface area contributed by atoms with E-state index in [4.69, 9.17) is 0 Å². The number of rotatable bonds is 5. The van der Waals surface area contributed by atoms with E-state index in [1.165, 1.54) is 24.0 Å². The highest BCUT2D eigenvalue weighted by molar-refractivity contribution is 5.96. The van der Waals surface area contributed by atoms with Gasteiger partial charge in [-0.1, -0.05) is 64.3 Å². The van der Waals surface area contributed by atoms with Crippen molar-refractivity contribution in [1.82, 2.24) is 4.90 Å². The van der Waals surface area contributed by atoms with E-state index in [0.717, 1.165) is 50.0 Å². The molecule has 0 atom stereocenters. The molecule has 0 bridgehead atoms. The van der Waals surface area contributed by atoms with Gasteiger partial charge in [0.05, 0.1) is 5.56 Å². The van der Waals surface area contributed by atoms with Crippen molar-refractivity contribution in [2.75, 3.05) is 18.0 Å². The summed E-state index contributed by atoms with van der Waals surface area (Å²) < 4.78 is 0. The molecular weight excluding hydrogens is 412 g/mol. The van der Waals surface area contributed by atoms with Crippen molar-refractivity contribution < 1.29 is 14.7 Å². The van der Waals surface area contributed by atoms with Gasteiger partial charge >= 0.3 is 5.97 Å². The van der Waals surface area contributed by atoms with Crippen LogP contribution < -0.4 is 4.90 Å². The number of hydrogen-bond acceptors (Lipinski definition) is 3. The molecular formula is C28H38N2O3. The van der Waals surface area contributed by atoms with Gasteiger partial charge in [0.1, 0.15) is 0 Å². The average Bonchev–Trinajstić information content (AvgIpc) is 2.80. The van der Waals surface area contributed by atoms with E-state index in [9.17, 15) is 14.7 Å². The number of hydrogen-bond donors (Lipinski definition) is 1. The standard InChI is InChI=1S/C28H38N2O3/c1-4-22-10-12-23(13-11-22)19-29-16-8-6-5-7-9-17-30(27(31)21(2)3)26-15-14-24(28(32)33)18-25(26)20-29/h10-15,18,21H,4-9,16-17,19-20H2,1-3H3,(H,32,33). The summed E-state index contributed by atoms with van der Waals surface area (Å²) in [6, 6.07) is 14.0. The van der Waals surface area contributed by atoms with Gasteiger partial charge in [0.25, 0.3) is 0 Å². The number of nitrogens with zero attached hydrogens (tertiary/aromatic N) is 2. The average molecular weight is 451 g/mol. The summed E-state index contributed by atoms with van der Waals surface area (Å²) in [5.74, 6) is -0.955. The molecule has 0 aliphatic carbocycles. The van der Waals surface area contributed by atoms with Crippen molar-refractivity contribution in [3.63, 3.8) is 0 Å². The Morgan fingerprint density at radius 2 is 1.55 bits per heavy atom. The van der Waals surface area contributed by atoms with E-state index in [1.807, 2.05) is 24.8 Å². The van der Waals surface area contributed by atoms with Gasteiger partial charge in [0.2, 0.25) is 5.91 Å². The van der Waals surface area contributed by atoms with Crippen LogP contribution in [0.1, 0.15) is 79.9 Å². The molecule has 1 heterocycles. The quantitative estimate of drug-likeness (QED) is 0.616. The lowest BCUT2D eigenvalue weighted by Crippen LogP contribution is -2.37. The van der Waals surface area contributed by atoms with Crippen molar-refractivity contribution in [1.29, 1.82) is 0 Å². The molecule has 1 aliphatic heterocycles. The molecule has 1 amide bonds. The van der Waals surface area contributed by atoms with Crippen molar-refractivity contribution in [3.8, 4) is 0 Å². The maximum absolute atomic E-state index is 13.1. The van der Waals surface area contributed by atoms with Gasteiger partial charge < -0.3 is 10.0 Å². The Morgan fingerprint density at radius 1 is 0.909 bits per heavy atom. The van der Waals surface area contributed by atoms with Crippen molar-refractivity contribution in [3.05, 3.63) is 64.7 Å². The lowest BCUT2D eigenvalue weighted by Gasteiger charge is -2.30. The number of amides is 1. The molecule has 3 rings (SSSR count). The first-order valence-electron chi connectivity index (χ1n) is 12.4. The largest absolute Gasteiger partial charge is 0.478 e. The highest BCUT2D eigenvalue weighted by Crippen LogP contribution is 2.28. The van der Waals surface area contributed by atoms with Gasteiger partial charge in [-0.25, -0.2) is 4.79 Å². The second kappa shape index (κ2) is 12.0. The summed E-state index contributed by atoms with van der Waals surface area (Å²) in [5.41, 5.74) is 4.61. The fourth-order valence-corrected chi connectivity index (χ4v) is 4.50.